The van der Waals surface area contributed by atoms with Crippen LogP contribution in [0.2, 0.25) is 0 Å². The fourth-order valence-corrected chi connectivity index (χ4v) is 2.69. The number of carbonyl (C=O) groups is 1. The highest BCUT2D eigenvalue weighted by atomic mass is 32.2. The van der Waals surface area contributed by atoms with Gasteiger partial charge in [-0.1, -0.05) is 6.92 Å². The first-order chi connectivity index (χ1) is 5.75. The van der Waals surface area contributed by atoms with E-state index >= 15 is 0 Å². The van der Waals surface area contributed by atoms with E-state index in [4.69, 9.17) is 0 Å². The molecular weight excluding hydrogens is 170 g/mol. The molecule has 0 spiro atoms. The minimum absolute atomic E-state index is 0.628. The van der Waals surface area contributed by atoms with Crippen LogP contribution in [0.4, 0.5) is 0 Å². The lowest BCUT2D eigenvalue weighted by molar-refractivity contribution is -0.108. The topological polar surface area (TPSA) is 20.3 Å². The molecule has 1 aliphatic heterocycles. The zero-order valence-corrected chi connectivity index (χ0v) is 8.64. The lowest BCUT2D eigenvalue weighted by atomic mass is 10.2. The summed E-state index contributed by atoms with van der Waals surface area (Å²) in [5.41, 5.74) is 0. The second-order valence-corrected chi connectivity index (χ2v) is 4.79. The van der Waals surface area contributed by atoms with Crippen molar-refractivity contribution in [3.63, 3.8) is 0 Å². The first-order valence-electron chi connectivity index (χ1n) is 4.55. The molecule has 12 heavy (non-hydrogen) atoms. The molecular formula is C9H17NOS. The van der Waals surface area contributed by atoms with E-state index in [9.17, 15) is 4.79 Å². The fourth-order valence-electron chi connectivity index (χ4n) is 1.53. The Labute approximate surface area is 78.7 Å². The van der Waals surface area contributed by atoms with Gasteiger partial charge in [0.05, 0.1) is 0 Å². The van der Waals surface area contributed by atoms with Crippen molar-refractivity contribution >= 4 is 18.0 Å². The average Bonchev–Trinajstić information content (AvgIpc) is 2.08. The highest BCUT2D eigenvalue weighted by molar-refractivity contribution is 8.00. The third-order valence-electron chi connectivity index (χ3n) is 2.55. The number of carbonyl (C=O) groups excluding carboxylic acids is 1. The van der Waals surface area contributed by atoms with E-state index in [1.165, 1.54) is 5.75 Å². The highest BCUT2D eigenvalue weighted by Crippen LogP contribution is 2.23. The lowest BCUT2D eigenvalue weighted by Gasteiger charge is -2.37. The van der Waals surface area contributed by atoms with E-state index in [2.05, 4.69) is 18.7 Å². The van der Waals surface area contributed by atoms with Crippen LogP contribution < -0.4 is 0 Å². The van der Waals surface area contributed by atoms with Crippen molar-refractivity contribution in [2.24, 2.45) is 0 Å². The van der Waals surface area contributed by atoms with Crippen LogP contribution in [-0.2, 0) is 4.79 Å². The first-order valence-corrected chi connectivity index (χ1v) is 5.60. The van der Waals surface area contributed by atoms with Crippen molar-refractivity contribution < 1.29 is 4.79 Å². The molecule has 0 aromatic heterocycles. The molecule has 0 saturated carbocycles. The Morgan fingerprint density at radius 2 is 2.33 bits per heavy atom. The Morgan fingerprint density at radius 3 is 3.00 bits per heavy atom. The van der Waals surface area contributed by atoms with Gasteiger partial charge in [0.1, 0.15) is 6.29 Å². The van der Waals surface area contributed by atoms with E-state index in [0.717, 1.165) is 19.4 Å². The minimum Gasteiger partial charge on any atom is -0.303 e. The van der Waals surface area contributed by atoms with Gasteiger partial charge in [-0.2, -0.15) is 11.8 Å². The molecule has 0 bridgehead atoms. The van der Waals surface area contributed by atoms with E-state index in [1.54, 1.807) is 0 Å². The largest absolute Gasteiger partial charge is 0.303 e. The Bertz CT molecular complexity index is 151. The number of thioether (sulfide) groups is 1. The molecule has 1 aliphatic rings. The summed E-state index contributed by atoms with van der Waals surface area (Å²) >= 11 is 2.03. The Morgan fingerprint density at radius 1 is 1.58 bits per heavy atom. The summed E-state index contributed by atoms with van der Waals surface area (Å²) in [5, 5.41) is 0.713. The van der Waals surface area contributed by atoms with Crippen molar-refractivity contribution in [1.29, 1.82) is 0 Å². The van der Waals surface area contributed by atoms with Crippen LogP contribution in [0.15, 0.2) is 0 Å². The van der Waals surface area contributed by atoms with E-state index in [0.29, 0.717) is 17.7 Å². The number of nitrogens with zero attached hydrogens (tertiary/aromatic N) is 1. The van der Waals surface area contributed by atoms with Crippen LogP contribution in [0.1, 0.15) is 20.3 Å². The van der Waals surface area contributed by atoms with Gasteiger partial charge in [0.25, 0.3) is 0 Å². The summed E-state index contributed by atoms with van der Waals surface area (Å²) in [6, 6.07) is 0.628. The number of aldehydes is 1. The quantitative estimate of drug-likeness (QED) is 0.623. The zero-order valence-electron chi connectivity index (χ0n) is 7.82. The van der Waals surface area contributed by atoms with Crippen LogP contribution in [0.3, 0.4) is 0 Å². The van der Waals surface area contributed by atoms with Gasteiger partial charge >= 0.3 is 0 Å². The van der Waals surface area contributed by atoms with Crippen molar-refractivity contribution in [3.05, 3.63) is 0 Å². The molecule has 1 saturated heterocycles. The van der Waals surface area contributed by atoms with E-state index in [-0.39, 0.29) is 0 Å². The van der Waals surface area contributed by atoms with Gasteiger partial charge in [-0.15, -0.1) is 0 Å². The normalized spacial score (nSPS) is 31.8. The standard InChI is InChI=1S/C9H17NOS/c1-8-9(2)12-7-5-10(8)4-3-6-11/h6,8-9H,3-5,7H2,1-2H3. The summed E-state index contributed by atoms with van der Waals surface area (Å²) in [4.78, 5) is 12.6. The van der Waals surface area contributed by atoms with E-state index < -0.39 is 0 Å². The fraction of sp³-hybridized carbons (Fsp3) is 0.889. The molecule has 0 amide bonds. The molecule has 2 atom stereocenters. The highest BCUT2D eigenvalue weighted by Gasteiger charge is 2.24. The zero-order chi connectivity index (χ0) is 8.97. The molecule has 2 unspecified atom stereocenters. The molecule has 0 aromatic carbocycles. The summed E-state index contributed by atoms with van der Waals surface area (Å²) < 4.78 is 0. The van der Waals surface area contributed by atoms with Crippen molar-refractivity contribution in [2.75, 3.05) is 18.8 Å². The van der Waals surface area contributed by atoms with Gasteiger partial charge in [0.15, 0.2) is 0 Å². The molecule has 1 fully saturated rings. The lowest BCUT2D eigenvalue weighted by Crippen LogP contribution is -2.44. The number of hydrogen-bond donors (Lipinski definition) is 0. The predicted molar refractivity (Wildman–Crippen MR) is 53.6 cm³/mol. The molecule has 0 aliphatic carbocycles. The minimum atomic E-state index is 0.628. The molecule has 2 nitrogen and oxygen atoms in total. The predicted octanol–water partition coefficient (Wildman–Crippen LogP) is 1.40. The molecule has 70 valence electrons. The van der Waals surface area contributed by atoms with Crippen LogP contribution in [-0.4, -0.2) is 41.3 Å². The van der Waals surface area contributed by atoms with Crippen LogP contribution >= 0.6 is 11.8 Å². The summed E-state index contributed by atoms with van der Waals surface area (Å²) in [6.45, 7) is 6.60. The van der Waals surface area contributed by atoms with Gasteiger partial charge < -0.3 is 4.79 Å². The molecule has 1 heterocycles. The Kier molecular flexibility index (Phi) is 4.09. The molecule has 3 heteroatoms. The first kappa shape index (κ1) is 10.1. The maximum atomic E-state index is 10.2. The summed E-state index contributed by atoms with van der Waals surface area (Å²) in [7, 11) is 0. The number of hydrogen-bond acceptors (Lipinski definition) is 3. The van der Waals surface area contributed by atoms with Gasteiger partial charge in [-0.05, 0) is 6.92 Å². The molecule has 0 radical (unpaired) electrons. The molecule has 1 rings (SSSR count). The van der Waals surface area contributed by atoms with Crippen LogP contribution in [0, 0.1) is 0 Å². The van der Waals surface area contributed by atoms with E-state index in [1.807, 2.05) is 11.8 Å². The van der Waals surface area contributed by atoms with Gasteiger partial charge in [0.2, 0.25) is 0 Å². The average molecular weight is 187 g/mol. The SMILES string of the molecule is CC1SCCN(CCC=O)C1C. The summed E-state index contributed by atoms with van der Waals surface area (Å²) in [6.07, 6.45) is 1.70. The summed E-state index contributed by atoms with van der Waals surface area (Å²) in [5.74, 6) is 1.21. The Balaban J connectivity index is 2.35. The van der Waals surface area contributed by atoms with Crippen molar-refractivity contribution in [2.45, 2.75) is 31.6 Å². The molecule has 0 aromatic rings. The monoisotopic (exact) mass is 187 g/mol. The van der Waals surface area contributed by atoms with Crippen LogP contribution in [0.5, 0.6) is 0 Å². The van der Waals surface area contributed by atoms with Crippen molar-refractivity contribution in [1.82, 2.24) is 4.90 Å². The second kappa shape index (κ2) is 4.87. The second-order valence-electron chi connectivity index (χ2n) is 3.31. The number of rotatable bonds is 3. The van der Waals surface area contributed by atoms with Gasteiger partial charge in [-0.3, -0.25) is 4.90 Å². The van der Waals surface area contributed by atoms with Crippen molar-refractivity contribution in [3.8, 4) is 0 Å². The third-order valence-corrected chi connectivity index (χ3v) is 3.89. The van der Waals surface area contributed by atoms with Gasteiger partial charge in [0, 0.05) is 36.6 Å². The smallest absolute Gasteiger partial charge is 0.121 e. The maximum Gasteiger partial charge on any atom is 0.121 e. The third kappa shape index (κ3) is 2.49. The molecule has 0 N–H and O–H groups in total. The van der Waals surface area contributed by atoms with Gasteiger partial charge in [-0.25, -0.2) is 0 Å². The van der Waals surface area contributed by atoms with Crippen LogP contribution in [0.25, 0.3) is 0 Å². The maximum absolute atomic E-state index is 10.2. The Hall–Kier alpha value is -0.0200.